The molecule has 1 heterocycles. The van der Waals surface area contributed by atoms with Crippen LogP contribution in [0.1, 0.15) is 32.3 Å². The van der Waals surface area contributed by atoms with Crippen LogP contribution in [0.15, 0.2) is 24.3 Å². The summed E-state index contributed by atoms with van der Waals surface area (Å²) in [6.45, 7) is 6.64. The molecule has 6 heteroatoms. The van der Waals surface area contributed by atoms with E-state index in [1.165, 1.54) is 0 Å². The van der Waals surface area contributed by atoms with Gasteiger partial charge < -0.3 is 19.3 Å². The molecule has 1 aliphatic rings. The van der Waals surface area contributed by atoms with Crippen molar-refractivity contribution < 1.29 is 19.1 Å². The van der Waals surface area contributed by atoms with E-state index in [9.17, 15) is 9.59 Å². The zero-order chi connectivity index (χ0) is 18.9. The fourth-order valence-electron chi connectivity index (χ4n) is 2.75. The van der Waals surface area contributed by atoms with Crippen molar-refractivity contribution in [2.24, 2.45) is 0 Å². The molecule has 0 N–H and O–H groups in total. The second-order valence-corrected chi connectivity index (χ2v) is 6.28. The predicted octanol–water partition coefficient (Wildman–Crippen LogP) is 2.58. The van der Waals surface area contributed by atoms with Gasteiger partial charge in [-0.2, -0.15) is 0 Å². The monoisotopic (exact) mass is 360 g/mol. The third-order valence-corrected chi connectivity index (χ3v) is 4.40. The topological polar surface area (TPSA) is 59.1 Å². The number of hydrogen-bond donors (Lipinski definition) is 0. The summed E-state index contributed by atoms with van der Waals surface area (Å²) in [4.78, 5) is 27.2. The molecule has 0 saturated carbocycles. The Labute approximate surface area is 155 Å². The van der Waals surface area contributed by atoms with Crippen LogP contribution in [0, 0.1) is 0 Å². The van der Waals surface area contributed by atoms with Gasteiger partial charge in [-0.15, -0.1) is 0 Å². The van der Waals surface area contributed by atoms with Gasteiger partial charge in [-0.3, -0.25) is 9.59 Å². The molecule has 1 saturated heterocycles. The standard InChI is InChI=1S/C20H28N2O4/c1-4-5-14-26-18-8-6-17(15-19(18)25-3)7-9-20(24)22-12-10-21(11-13-22)16(2)23/h6-9,15H,4-5,10-14H2,1-3H3. The molecule has 26 heavy (non-hydrogen) atoms. The van der Waals surface area contributed by atoms with E-state index in [0.717, 1.165) is 18.4 Å². The Morgan fingerprint density at radius 1 is 1.12 bits per heavy atom. The average Bonchev–Trinajstić information content (AvgIpc) is 2.66. The van der Waals surface area contributed by atoms with Gasteiger partial charge in [-0.1, -0.05) is 19.4 Å². The molecule has 1 fully saturated rings. The summed E-state index contributed by atoms with van der Waals surface area (Å²) in [7, 11) is 1.61. The second-order valence-electron chi connectivity index (χ2n) is 6.28. The van der Waals surface area contributed by atoms with Crippen LogP contribution < -0.4 is 9.47 Å². The van der Waals surface area contributed by atoms with E-state index in [0.29, 0.717) is 44.3 Å². The van der Waals surface area contributed by atoms with Crippen molar-refractivity contribution in [1.29, 1.82) is 0 Å². The van der Waals surface area contributed by atoms with Gasteiger partial charge in [-0.05, 0) is 30.2 Å². The lowest BCUT2D eigenvalue weighted by Crippen LogP contribution is -2.49. The summed E-state index contributed by atoms with van der Waals surface area (Å²) in [5.41, 5.74) is 0.875. The molecule has 0 spiro atoms. The molecule has 0 aliphatic carbocycles. The Balaban J connectivity index is 1.94. The highest BCUT2D eigenvalue weighted by atomic mass is 16.5. The first-order valence-corrected chi connectivity index (χ1v) is 9.08. The van der Waals surface area contributed by atoms with Crippen molar-refractivity contribution >= 4 is 17.9 Å². The summed E-state index contributed by atoms with van der Waals surface area (Å²) >= 11 is 0. The van der Waals surface area contributed by atoms with Gasteiger partial charge in [-0.25, -0.2) is 0 Å². The molecule has 0 atom stereocenters. The van der Waals surface area contributed by atoms with Crippen molar-refractivity contribution in [3.05, 3.63) is 29.8 Å². The van der Waals surface area contributed by atoms with E-state index < -0.39 is 0 Å². The molecule has 1 aromatic carbocycles. The molecule has 1 aromatic rings. The fraction of sp³-hybridized carbons (Fsp3) is 0.500. The minimum atomic E-state index is -0.0459. The number of nitrogens with zero attached hydrogens (tertiary/aromatic N) is 2. The van der Waals surface area contributed by atoms with Crippen LogP contribution in [-0.2, 0) is 9.59 Å². The number of benzene rings is 1. The van der Waals surface area contributed by atoms with Crippen LogP contribution in [-0.4, -0.2) is 61.5 Å². The normalized spacial score (nSPS) is 14.6. The Bertz CT molecular complexity index is 649. The lowest BCUT2D eigenvalue weighted by atomic mass is 10.1. The maximum Gasteiger partial charge on any atom is 0.246 e. The summed E-state index contributed by atoms with van der Waals surface area (Å²) in [5, 5.41) is 0. The summed E-state index contributed by atoms with van der Waals surface area (Å²) in [5.74, 6) is 1.38. The minimum Gasteiger partial charge on any atom is -0.493 e. The van der Waals surface area contributed by atoms with Gasteiger partial charge in [0.15, 0.2) is 11.5 Å². The van der Waals surface area contributed by atoms with Crippen LogP contribution in [0.4, 0.5) is 0 Å². The van der Waals surface area contributed by atoms with Crippen LogP contribution in [0.25, 0.3) is 6.08 Å². The molecule has 0 bridgehead atoms. The molecule has 1 aliphatic heterocycles. The predicted molar refractivity (Wildman–Crippen MR) is 101 cm³/mol. The van der Waals surface area contributed by atoms with Crippen LogP contribution in [0.5, 0.6) is 11.5 Å². The van der Waals surface area contributed by atoms with Crippen molar-refractivity contribution in [3.63, 3.8) is 0 Å². The Hall–Kier alpha value is -2.50. The van der Waals surface area contributed by atoms with Crippen LogP contribution >= 0.6 is 0 Å². The maximum absolute atomic E-state index is 12.3. The minimum absolute atomic E-state index is 0.0459. The second kappa shape index (κ2) is 9.85. The Morgan fingerprint density at radius 3 is 2.42 bits per heavy atom. The lowest BCUT2D eigenvalue weighted by Gasteiger charge is -2.33. The van der Waals surface area contributed by atoms with Crippen molar-refractivity contribution in [2.45, 2.75) is 26.7 Å². The van der Waals surface area contributed by atoms with Crippen LogP contribution in [0.2, 0.25) is 0 Å². The highest BCUT2D eigenvalue weighted by Crippen LogP contribution is 2.28. The van der Waals surface area contributed by atoms with E-state index in [2.05, 4.69) is 6.92 Å². The molecule has 2 rings (SSSR count). The van der Waals surface area contributed by atoms with Gasteiger partial charge in [0.05, 0.1) is 13.7 Å². The van der Waals surface area contributed by atoms with Crippen LogP contribution in [0.3, 0.4) is 0 Å². The number of hydrogen-bond acceptors (Lipinski definition) is 4. The Kier molecular flexibility index (Phi) is 7.51. The average molecular weight is 360 g/mol. The SMILES string of the molecule is CCCCOc1ccc(C=CC(=O)N2CCN(C(C)=O)CC2)cc1OC. The number of unbranched alkanes of at least 4 members (excludes halogenated alkanes) is 1. The molecule has 0 radical (unpaired) electrons. The Morgan fingerprint density at radius 2 is 1.81 bits per heavy atom. The molecule has 142 valence electrons. The maximum atomic E-state index is 12.3. The molecular weight excluding hydrogens is 332 g/mol. The number of piperazine rings is 1. The summed E-state index contributed by atoms with van der Waals surface area (Å²) in [6.07, 6.45) is 5.41. The van der Waals surface area contributed by atoms with Crippen molar-refractivity contribution in [3.8, 4) is 11.5 Å². The molecule has 2 amide bonds. The number of carbonyl (C=O) groups is 2. The number of methoxy groups -OCH3 is 1. The third kappa shape index (κ3) is 5.51. The smallest absolute Gasteiger partial charge is 0.246 e. The van der Waals surface area contributed by atoms with E-state index in [1.807, 2.05) is 18.2 Å². The van der Waals surface area contributed by atoms with Crippen molar-refractivity contribution in [1.82, 2.24) is 9.80 Å². The van der Waals surface area contributed by atoms with E-state index in [4.69, 9.17) is 9.47 Å². The largest absolute Gasteiger partial charge is 0.493 e. The summed E-state index contributed by atoms with van der Waals surface area (Å²) in [6, 6.07) is 5.63. The molecular formula is C20H28N2O4. The highest BCUT2D eigenvalue weighted by Gasteiger charge is 2.20. The first-order chi connectivity index (χ1) is 12.5. The zero-order valence-electron chi connectivity index (χ0n) is 15.9. The first-order valence-electron chi connectivity index (χ1n) is 9.08. The number of ether oxygens (including phenoxy) is 2. The van der Waals surface area contributed by atoms with E-state index in [1.54, 1.807) is 36.0 Å². The van der Waals surface area contributed by atoms with E-state index in [-0.39, 0.29) is 11.8 Å². The van der Waals surface area contributed by atoms with Gasteiger partial charge >= 0.3 is 0 Å². The lowest BCUT2D eigenvalue weighted by molar-refractivity contribution is -0.135. The van der Waals surface area contributed by atoms with Gasteiger partial charge in [0, 0.05) is 39.2 Å². The summed E-state index contributed by atoms with van der Waals surface area (Å²) < 4.78 is 11.1. The fourth-order valence-corrected chi connectivity index (χ4v) is 2.75. The molecule has 0 unspecified atom stereocenters. The van der Waals surface area contributed by atoms with E-state index >= 15 is 0 Å². The molecule has 6 nitrogen and oxygen atoms in total. The quantitative estimate of drug-likeness (QED) is 0.554. The zero-order valence-corrected chi connectivity index (χ0v) is 15.9. The van der Waals surface area contributed by atoms with Gasteiger partial charge in [0.1, 0.15) is 0 Å². The van der Waals surface area contributed by atoms with Gasteiger partial charge in [0.25, 0.3) is 0 Å². The highest BCUT2D eigenvalue weighted by molar-refractivity contribution is 5.92. The van der Waals surface area contributed by atoms with Gasteiger partial charge in [0.2, 0.25) is 11.8 Å². The number of carbonyl (C=O) groups excluding carboxylic acids is 2. The number of amides is 2. The molecule has 0 aromatic heterocycles. The van der Waals surface area contributed by atoms with Crippen molar-refractivity contribution in [2.75, 3.05) is 39.9 Å². The first kappa shape index (κ1) is 19.8. The third-order valence-electron chi connectivity index (χ3n) is 4.40. The number of rotatable bonds is 7.